The van der Waals surface area contributed by atoms with Crippen LogP contribution >= 0.6 is 0 Å². The summed E-state index contributed by atoms with van der Waals surface area (Å²) >= 11 is 0. The van der Waals surface area contributed by atoms with E-state index in [1.807, 2.05) is 43.3 Å². The summed E-state index contributed by atoms with van der Waals surface area (Å²) in [5.41, 5.74) is 0.823. The van der Waals surface area contributed by atoms with E-state index < -0.39 is 6.10 Å². The zero-order chi connectivity index (χ0) is 17.6. The molecule has 1 amide bonds. The van der Waals surface area contributed by atoms with Crippen molar-refractivity contribution in [1.29, 1.82) is 0 Å². The van der Waals surface area contributed by atoms with Crippen LogP contribution in [-0.2, 0) is 4.79 Å². The number of carbonyl (C=O) groups excluding carboxylic acids is 1. The van der Waals surface area contributed by atoms with Crippen LogP contribution in [0.5, 0.6) is 5.75 Å². The number of amides is 1. The minimum atomic E-state index is -0.515. The number of fused-ring (bicyclic) bond motifs is 5. The summed E-state index contributed by atoms with van der Waals surface area (Å²) in [6.07, 6.45) is 3.52. The Morgan fingerprint density at radius 2 is 1.88 bits per heavy atom. The fraction of sp³-hybridized carbons (Fsp3) is 0.650. The third-order valence-electron chi connectivity index (χ3n) is 6.18. The molecular weight excluding hydrogens is 316 g/mol. The first kappa shape index (κ1) is 16.9. The SMILES string of the molecule is CN(C)CC(O)COc1ccc(NC(=O)C2C3C4CCC(C4)C23)cc1. The second-order valence-corrected chi connectivity index (χ2v) is 8.25. The molecule has 3 saturated carbocycles. The summed E-state index contributed by atoms with van der Waals surface area (Å²) in [5, 5.41) is 12.9. The molecule has 1 aromatic rings. The Kier molecular flexibility index (Phi) is 4.46. The number of hydrogen-bond donors (Lipinski definition) is 2. The van der Waals surface area contributed by atoms with Crippen molar-refractivity contribution in [2.75, 3.05) is 32.6 Å². The van der Waals surface area contributed by atoms with E-state index in [2.05, 4.69) is 5.32 Å². The standard InChI is InChI=1S/C20H28N2O3/c1-22(2)10-15(23)11-25-16-7-5-14(6-8-16)21-20(24)19-17-12-3-4-13(9-12)18(17)19/h5-8,12-13,15,17-19,23H,3-4,9-11H2,1-2H3,(H,21,24). The van der Waals surface area contributed by atoms with E-state index in [4.69, 9.17) is 4.74 Å². The predicted octanol–water partition coefficient (Wildman–Crippen LogP) is 2.22. The van der Waals surface area contributed by atoms with Gasteiger partial charge in [0.15, 0.2) is 0 Å². The molecule has 1 aromatic carbocycles. The number of nitrogens with one attached hydrogen (secondary N) is 1. The second kappa shape index (κ2) is 6.61. The highest BCUT2D eigenvalue weighted by molar-refractivity contribution is 5.95. The van der Waals surface area contributed by atoms with Crippen molar-refractivity contribution in [2.45, 2.75) is 25.4 Å². The third kappa shape index (κ3) is 3.40. The minimum Gasteiger partial charge on any atom is -0.491 e. The van der Waals surface area contributed by atoms with Gasteiger partial charge in [-0.25, -0.2) is 0 Å². The number of benzene rings is 1. The predicted molar refractivity (Wildman–Crippen MR) is 96.4 cm³/mol. The number of nitrogens with zero attached hydrogens (tertiary/aromatic N) is 1. The molecule has 3 aliphatic rings. The van der Waals surface area contributed by atoms with E-state index in [0.717, 1.165) is 17.5 Å². The van der Waals surface area contributed by atoms with Crippen molar-refractivity contribution >= 4 is 11.6 Å². The average molecular weight is 344 g/mol. The number of aliphatic hydroxyl groups is 1. The molecule has 5 atom stereocenters. The molecule has 0 radical (unpaired) electrons. The highest BCUT2D eigenvalue weighted by Gasteiger charge is 2.67. The van der Waals surface area contributed by atoms with Crippen LogP contribution in [0.3, 0.4) is 0 Å². The molecule has 3 aliphatic carbocycles. The zero-order valence-electron chi connectivity index (χ0n) is 15.0. The molecule has 136 valence electrons. The molecule has 5 nitrogen and oxygen atoms in total. The quantitative estimate of drug-likeness (QED) is 0.796. The van der Waals surface area contributed by atoms with Gasteiger partial charge in [-0.2, -0.15) is 0 Å². The van der Waals surface area contributed by atoms with Gasteiger partial charge in [-0.3, -0.25) is 4.79 Å². The highest BCUT2D eigenvalue weighted by Crippen LogP contribution is 2.69. The van der Waals surface area contributed by atoms with E-state index in [1.165, 1.54) is 19.3 Å². The highest BCUT2D eigenvalue weighted by atomic mass is 16.5. The molecule has 0 heterocycles. The molecule has 0 saturated heterocycles. The summed E-state index contributed by atoms with van der Waals surface area (Å²) in [6.45, 7) is 0.831. The first-order chi connectivity index (χ1) is 12.0. The van der Waals surface area contributed by atoms with Crippen molar-refractivity contribution < 1.29 is 14.6 Å². The van der Waals surface area contributed by atoms with Gasteiger partial charge in [0.1, 0.15) is 18.5 Å². The lowest BCUT2D eigenvalue weighted by atomic mass is 10.0. The smallest absolute Gasteiger partial charge is 0.228 e. The lowest BCUT2D eigenvalue weighted by Crippen LogP contribution is -2.30. The van der Waals surface area contributed by atoms with Crippen LogP contribution in [0.25, 0.3) is 0 Å². The van der Waals surface area contributed by atoms with E-state index in [1.54, 1.807) is 0 Å². The van der Waals surface area contributed by atoms with Gasteiger partial charge in [-0.1, -0.05) is 0 Å². The van der Waals surface area contributed by atoms with Gasteiger partial charge in [0, 0.05) is 18.2 Å². The molecule has 5 heteroatoms. The van der Waals surface area contributed by atoms with Gasteiger partial charge in [-0.05, 0) is 81.3 Å². The van der Waals surface area contributed by atoms with Crippen LogP contribution in [0.1, 0.15) is 19.3 Å². The van der Waals surface area contributed by atoms with Crippen molar-refractivity contribution in [3.63, 3.8) is 0 Å². The van der Waals surface area contributed by atoms with Gasteiger partial charge in [-0.15, -0.1) is 0 Å². The van der Waals surface area contributed by atoms with Gasteiger partial charge in [0.2, 0.25) is 5.91 Å². The molecule has 25 heavy (non-hydrogen) atoms. The third-order valence-corrected chi connectivity index (χ3v) is 6.18. The molecule has 2 N–H and O–H groups in total. The molecule has 2 bridgehead atoms. The van der Waals surface area contributed by atoms with Crippen LogP contribution in [0.2, 0.25) is 0 Å². The topological polar surface area (TPSA) is 61.8 Å². The summed E-state index contributed by atoms with van der Waals surface area (Å²) in [6, 6.07) is 7.43. The Balaban J connectivity index is 1.26. The molecule has 4 rings (SSSR count). The fourth-order valence-electron chi connectivity index (χ4n) is 5.20. The Bertz CT molecular complexity index is 614. The number of hydrogen-bond acceptors (Lipinski definition) is 4. The lowest BCUT2D eigenvalue weighted by molar-refractivity contribution is -0.118. The van der Waals surface area contributed by atoms with E-state index in [0.29, 0.717) is 24.1 Å². The van der Waals surface area contributed by atoms with Crippen LogP contribution in [-0.4, -0.2) is 49.3 Å². The Morgan fingerprint density at radius 3 is 2.48 bits per heavy atom. The van der Waals surface area contributed by atoms with Crippen molar-refractivity contribution in [2.24, 2.45) is 29.6 Å². The van der Waals surface area contributed by atoms with Crippen molar-refractivity contribution in [3.05, 3.63) is 24.3 Å². The molecule has 0 aromatic heterocycles. The van der Waals surface area contributed by atoms with Crippen molar-refractivity contribution in [1.82, 2.24) is 4.90 Å². The van der Waals surface area contributed by atoms with Crippen molar-refractivity contribution in [3.8, 4) is 5.75 Å². The van der Waals surface area contributed by atoms with E-state index in [9.17, 15) is 9.90 Å². The Hall–Kier alpha value is -1.59. The molecule has 0 spiro atoms. The number of ether oxygens (including phenoxy) is 1. The van der Waals surface area contributed by atoms with Crippen LogP contribution in [0, 0.1) is 29.6 Å². The van der Waals surface area contributed by atoms with Gasteiger partial charge in [0.25, 0.3) is 0 Å². The van der Waals surface area contributed by atoms with Gasteiger partial charge in [0.05, 0.1) is 0 Å². The number of aliphatic hydroxyl groups excluding tert-OH is 1. The Labute approximate surface area is 149 Å². The zero-order valence-corrected chi connectivity index (χ0v) is 15.0. The number of rotatable bonds is 7. The van der Waals surface area contributed by atoms with Crippen LogP contribution in [0.15, 0.2) is 24.3 Å². The minimum absolute atomic E-state index is 0.196. The van der Waals surface area contributed by atoms with Crippen LogP contribution in [0.4, 0.5) is 5.69 Å². The second-order valence-electron chi connectivity index (χ2n) is 8.25. The number of likely N-dealkylation sites (N-methyl/N-ethyl adjacent to an activating group) is 1. The maximum Gasteiger partial charge on any atom is 0.228 e. The normalized spacial score (nSPS) is 33.2. The van der Waals surface area contributed by atoms with E-state index >= 15 is 0 Å². The maximum atomic E-state index is 12.5. The number of carbonyl (C=O) groups is 1. The number of anilines is 1. The fourth-order valence-corrected chi connectivity index (χ4v) is 5.20. The molecule has 3 fully saturated rings. The first-order valence-corrected chi connectivity index (χ1v) is 9.39. The van der Waals surface area contributed by atoms with E-state index in [-0.39, 0.29) is 18.4 Å². The van der Waals surface area contributed by atoms with Gasteiger partial charge >= 0.3 is 0 Å². The summed E-state index contributed by atoms with van der Waals surface area (Å²) in [4.78, 5) is 14.5. The lowest BCUT2D eigenvalue weighted by Gasteiger charge is -2.16. The molecule has 0 aliphatic heterocycles. The summed E-state index contributed by atoms with van der Waals surface area (Å²) in [5.74, 6) is 4.12. The summed E-state index contributed by atoms with van der Waals surface area (Å²) < 4.78 is 5.60. The maximum absolute atomic E-state index is 12.5. The monoisotopic (exact) mass is 344 g/mol. The average Bonchev–Trinajstić information content (AvgIpc) is 3.02. The van der Waals surface area contributed by atoms with Gasteiger partial charge < -0.3 is 20.1 Å². The van der Waals surface area contributed by atoms with Crippen LogP contribution < -0.4 is 10.1 Å². The Morgan fingerprint density at radius 1 is 1.24 bits per heavy atom. The largest absolute Gasteiger partial charge is 0.491 e. The summed E-state index contributed by atoms with van der Waals surface area (Å²) in [7, 11) is 3.83. The molecular formula is C20H28N2O3. The first-order valence-electron chi connectivity index (χ1n) is 9.39. The molecule has 5 unspecified atom stereocenters.